The Morgan fingerprint density at radius 2 is 1.70 bits per heavy atom. The number of rotatable bonds is 5. The zero-order valence-corrected chi connectivity index (χ0v) is 16.9. The summed E-state index contributed by atoms with van der Waals surface area (Å²) in [5, 5.41) is 6.00. The number of anilines is 4. The topological polar surface area (TPSA) is 70.2 Å². The van der Waals surface area contributed by atoms with Gasteiger partial charge in [0.1, 0.15) is 11.6 Å². The van der Waals surface area contributed by atoms with Gasteiger partial charge in [0.05, 0.1) is 0 Å². The lowest BCUT2D eigenvalue weighted by molar-refractivity contribution is 0.102. The third-order valence-corrected chi connectivity index (χ3v) is 5.01. The van der Waals surface area contributed by atoms with E-state index in [4.69, 9.17) is 0 Å². The Labute approximate surface area is 175 Å². The number of aromatic nitrogens is 2. The Hall–Kier alpha value is -3.48. The molecule has 1 aliphatic heterocycles. The molecule has 0 atom stereocenters. The van der Waals surface area contributed by atoms with E-state index in [1.54, 1.807) is 18.2 Å². The SMILES string of the molecule is Cc1cc(N2CCCCC2)nc(Nc2ccc(NC(=O)c3cccc(F)c3)cc2)n1. The van der Waals surface area contributed by atoms with Crippen LogP contribution < -0.4 is 15.5 Å². The van der Waals surface area contributed by atoms with Crippen LogP contribution in [0.2, 0.25) is 0 Å². The lowest BCUT2D eigenvalue weighted by Crippen LogP contribution is -2.30. The van der Waals surface area contributed by atoms with Gasteiger partial charge in [-0.15, -0.1) is 0 Å². The molecule has 0 radical (unpaired) electrons. The second-order valence-electron chi connectivity index (χ2n) is 7.41. The van der Waals surface area contributed by atoms with E-state index in [2.05, 4.69) is 25.5 Å². The van der Waals surface area contributed by atoms with Crippen LogP contribution in [0.3, 0.4) is 0 Å². The number of piperidine rings is 1. The molecule has 0 unspecified atom stereocenters. The predicted molar refractivity (Wildman–Crippen MR) is 117 cm³/mol. The fourth-order valence-corrected chi connectivity index (χ4v) is 3.49. The number of halogens is 1. The number of benzene rings is 2. The lowest BCUT2D eigenvalue weighted by Gasteiger charge is -2.28. The minimum atomic E-state index is -0.440. The first-order chi connectivity index (χ1) is 14.6. The standard InChI is InChI=1S/C23H24FN5O/c1-16-14-21(29-12-3-2-4-13-29)28-23(25-16)27-20-10-8-19(9-11-20)26-22(30)17-6-5-7-18(24)15-17/h5-11,14-15H,2-4,12-13H2,1H3,(H,26,30)(H,25,27,28). The Bertz CT molecular complexity index is 1030. The summed E-state index contributed by atoms with van der Waals surface area (Å²) < 4.78 is 13.3. The maximum atomic E-state index is 13.3. The van der Waals surface area contributed by atoms with Crippen LogP contribution >= 0.6 is 0 Å². The van der Waals surface area contributed by atoms with E-state index in [0.29, 0.717) is 11.6 Å². The molecule has 2 N–H and O–H groups in total. The molecule has 7 heteroatoms. The number of amides is 1. The summed E-state index contributed by atoms with van der Waals surface area (Å²) in [5.74, 6) is 0.698. The van der Waals surface area contributed by atoms with Gasteiger partial charge in [-0.25, -0.2) is 9.37 Å². The van der Waals surface area contributed by atoms with Gasteiger partial charge in [0.2, 0.25) is 5.95 Å². The highest BCUT2D eigenvalue weighted by atomic mass is 19.1. The van der Waals surface area contributed by atoms with Crippen molar-refractivity contribution in [1.29, 1.82) is 0 Å². The van der Waals surface area contributed by atoms with Gasteiger partial charge >= 0.3 is 0 Å². The van der Waals surface area contributed by atoms with E-state index < -0.39 is 5.82 Å². The molecule has 30 heavy (non-hydrogen) atoms. The monoisotopic (exact) mass is 405 g/mol. The molecule has 1 amide bonds. The fourth-order valence-electron chi connectivity index (χ4n) is 3.49. The molecule has 0 aliphatic carbocycles. The van der Waals surface area contributed by atoms with Crippen LogP contribution in [0, 0.1) is 12.7 Å². The molecule has 1 aliphatic rings. The van der Waals surface area contributed by atoms with Crippen LogP contribution in [0.1, 0.15) is 35.3 Å². The highest BCUT2D eigenvalue weighted by Gasteiger charge is 2.14. The number of nitrogens with zero attached hydrogens (tertiary/aromatic N) is 3. The number of aryl methyl sites for hydroxylation is 1. The Morgan fingerprint density at radius 3 is 2.43 bits per heavy atom. The van der Waals surface area contributed by atoms with Crippen LogP contribution in [-0.2, 0) is 0 Å². The summed E-state index contributed by atoms with van der Waals surface area (Å²) >= 11 is 0. The first-order valence-electron chi connectivity index (χ1n) is 10.1. The minimum Gasteiger partial charge on any atom is -0.356 e. The van der Waals surface area contributed by atoms with Crippen molar-refractivity contribution >= 4 is 29.0 Å². The van der Waals surface area contributed by atoms with Gasteiger partial charge in [0, 0.05) is 41.8 Å². The fraction of sp³-hybridized carbons (Fsp3) is 0.261. The van der Waals surface area contributed by atoms with E-state index in [1.807, 2.05) is 25.1 Å². The highest BCUT2D eigenvalue weighted by Crippen LogP contribution is 2.22. The summed E-state index contributed by atoms with van der Waals surface area (Å²) in [7, 11) is 0. The zero-order chi connectivity index (χ0) is 20.9. The smallest absolute Gasteiger partial charge is 0.255 e. The van der Waals surface area contributed by atoms with Crippen molar-refractivity contribution in [3.05, 3.63) is 71.7 Å². The van der Waals surface area contributed by atoms with Crippen molar-refractivity contribution < 1.29 is 9.18 Å². The maximum Gasteiger partial charge on any atom is 0.255 e. The molecule has 0 saturated carbocycles. The highest BCUT2D eigenvalue weighted by molar-refractivity contribution is 6.04. The molecule has 154 valence electrons. The molecule has 1 aromatic heterocycles. The van der Waals surface area contributed by atoms with Crippen molar-refractivity contribution in [2.24, 2.45) is 0 Å². The van der Waals surface area contributed by atoms with Gasteiger partial charge in [-0.2, -0.15) is 4.98 Å². The van der Waals surface area contributed by atoms with Gasteiger partial charge in [0.15, 0.2) is 0 Å². The quantitative estimate of drug-likeness (QED) is 0.631. The van der Waals surface area contributed by atoms with E-state index in [-0.39, 0.29) is 11.5 Å². The third-order valence-electron chi connectivity index (χ3n) is 5.01. The van der Waals surface area contributed by atoms with Gasteiger partial charge in [-0.05, 0) is 68.7 Å². The Kier molecular flexibility index (Phi) is 5.88. The van der Waals surface area contributed by atoms with Crippen molar-refractivity contribution in [2.75, 3.05) is 28.6 Å². The second-order valence-corrected chi connectivity index (χ2v) is 7.41. The first-order valence-corrected chi connectivity index (χ1v) is 10.1. The van der Waals surface area contributed by atoms with Gasteiger partial charge < -0.3 is 15.5 Å². The Balaban J connectivity index is 1.43. The normalized spacial score (nSPS) is 13.7. The van der Waals surface area contributed by atoms with E-state index in [0.717, 1.165) is 30.3 Å². The summed E-state index contributed by atoms with van der Waals surface area (Å²) in [4.78, 5) is 23.7. The summed E-state index contributed by atoms with van der Waals surface area (Å²) in [6, 6.07) is 14.9. The summed E-state index contributed by atoms with van der Waals surface area (Å²) in [6.45, 7) is 4.01. The maximum absolute atomic E-state index is 13.3. The molecule has 3 aromatic rings. The largest absolute Gasteiger partial charge is 0.356 e. The molecule has 4 rings (SSSR count). The van der Waals surface area contributed by atoms with Crippen molar-refractivity contribution in [2.45, 2.75) is 26.2 Å². The first kappa shape index (κ1) is 19.8. The molecule has 0 spiro atoms. The molecule has 6 nitrogen and oxygen atoms in total. The minimum absolute atomic E-state index is 0.274. The van der Waals surface area contributed by atoms with Gasteiger partial charge in [0.25, 0.3) is 5.91 Å². The number of hydrogen-bond acceptors (Lipinski definition) is 5. The van der Waals surface area contributed by atoms with Crippen LogP contribution in [-0.4, -0.2) is 29.0 Å². The molecule has 0 bridgehead atoms. The van der Waals surface area contributed by atoms with Crippen LogP contribution in [0.15, 0.2) is 54.6 Å². The third kappa shape index (κ3) is 4.92. The average molecular weight is 405 g/mol. The second kappa shape index (κ2) is 8.90. The van der Waals surface area contributed by atoms with Crippen molar-refractivity contribution in [3.63, 3.8) is 0 Å². The number of carbonyl (C=O) groups excluding carboxylic acids is 1. The number of hydrogen-bond donors (Lipinski definition) is 2. The molecule has 2 aromatic carbocycles. The van der Waals surface area contributed by atoms with E-state index in [9.17, 15) is 9.18 Å². The molecule has 2 heterocycles. The summed E-state index contributed by atoms with van der Waals surface area (Å²) in [6.07, 6.45) is 3.65. The van der Waals surface area contributed by atoms with Crippen LogP contribution in [0.4, 0.5) is 27.5 Å². The molecular formula is C23H24FN5O. The van der Waals surface area contributed by atoms with Gasteiger partial charge in [-0.1, -0.05) is 6.07 Å². The van der Waals surface area contributed by atoms with Gasteiger partial charge in [-0.3, -0.25) is 4.79 Å². The Morgan fingerprint density at radius 1 is 0.967 bits per heavy atom. The predicted octanol–water partition coefficient (Wildman–Crippen LogP) is 4.91. The molecule has 1 saturated heterocycles. The zero-order valence-electron chi connectivity index (χ0n) is 16.9. The van der Waals surface area contributed by atoms with Crippen LogP contribution in [0.25, 0.3) is 0 Å². The molecule has 1 fully saturated rings. The van der Waals surface area contributed by atoms with E-state index >= 15 is 0 Å². The van der Waals surface area contributed by atoms with E-state index in [1.165, 1.54) is 37.5 Å². The molecular weight excluding hydrogens is 381 g/mol. The average Bonchev–Trinajstić information content (AvgIpc) is 2.75. The van der Waals surface area contributed by atoms with Crippen LogP contribution in [0.5, 0.6) is 0 Å². The lowest BCUT2D eigenvalue weighted by atomic mass is 10.1. The van der Waals surface area contributed by atoms with Crippen molar-refractivity contribution in [3.8, 4) is 0 Å². The number of carbonyl (C=O) groups is 1. The number of nitrogens with one attached hydrogen (secondary N) is 2. The van der Waals surface area contributed by atoms with Crippen molar-refractivity contribution in [1.82, 2.24) is 9.97 Å². The summed E-state index contributed by atoms with van der Waals surface area (Å²) in [5.41, 5.74) is 2.62.